The van der Waals surface area contributed by atoms with Crippen LogP contribution in [0.3, 0.4) is 0 Å². The van der Waals surface area contributed by atoms with Crippen LogP contribution in [0.15, 0.2) is 52.0 Å². The molecule has 4 rings (SSSR count). The third-order valence-electron chi connectivity index (χ3n) is 4.82. The molecular formula is C21H19N5O5S. The Balaban J connectivity index is 1.47. The highest BCUT2D eigenvalue weighted by molar-refractivity contribution is 7.99. The van der Waals surface area contributed by atoms with Gasteiger partial charge in [0.25, 0.3) is 5.69 Å². The van der Waals surface area contributed by atoms with Gasteiger partial charge < -0.3 is 19.0 Å². The minimum absolute atomic E-state index is 0.0576. The second kappa shape index (κ2) is 8.71. The fourth-order valence-electron chi connectivity index (χ4n) is 3.14. The first-order valence-electron chi connectivity index (χ1n) is 9.51. The van der Waals surface area contributed by atoms with Crippen LogP contribution in [0.1, 0.15) is 5.56 Å². The van der Waals surface area contributed by atoms with Crippen molar-refractivity contribution in [2.75, 3.05) is 18.2 Å². The Bertz CT molecular complexity index is 1330. The quantitative estimate of drug-likeness (QED) is 0.251. The largest absolute Gasteiger partial charge is 0.493 e. The summed E-state index contributed by atoms with van der Waals surface area (Å²) in [4.78, 5) is 22.9. The van der Waals surface area contributed by atoms with Crippen LogP contribution >= 0.6 is 11.8 Å². The molecule has 1 N–H and O–H groups in total. The highest BCUT2D eigenvalue weighted by Gasteiger charge is 2.18. The summed E-state index contributed by atoms with van der Waals surface area (Å²) in [6.45, 7) is 1.77. The van der Waals surface area contributed by atoms with Gasteiger partial charge in [0, 0.05) is 24.6 Å². The van der Waals surface area contributed by atoms with Gasteiger partial charge in [0.2, 0.25) is 5.91 Å². The van der Waals surface area contributed by atoms with E-state index in [2.05, 4.69) is 15.5 Å². The summed E-state index contributed by atoms with van der Waals surface area (Å²) >= 11 is 1.20. The third-order valence-corrected chi connectivity index (χ3v) is 5.84. The predicted molar refractivity (Wildman–Crippen MR) is 120 cm³/mol. The van der Waals surface area contributed by atoms with Crippen molar-refractivity contribution in [2.24, 2.45) is 7.05 Å². The number of furan rings is 1. The molecular weight excluding hydrogens is 434 g/mol. The second-order valence-corrected chi connectivity index (χ2v) is 7.89. The van der Waals surface area contributed by atoms with Gasteiger partial charge in [0.05, 0.1) is 23.5 Å². The third kappa shape index (κ3) is 4.14. The first-order chi connectivity index (χ1) is 15.4. The number of nitro benzene ring substituents is 1. The van der Waals surface area contributed by atoms with Gasteiger partial charge in [0.1, 0.15) is 0 Å². The lowest BCUT2D eigenvalue weighted by molar-refractivity contribution is -0.384. The molecule has 2 aromatic heterocycles. The Morgan fingerprint density at radius 2 is 2.09 bits per heavy atom. The Kier molecular flexibility index (Phi) is 5.82. The monoisotopic (exact) mass is 453 g/mol. The molecule has 0 aliphatic carbocycles. The van der Waals surface area contributed by atoms with E-state index in [1.54, 1.807) is 31.7 Å². The molecule has 0 radical (unpaired) electrons. The van der Waals surface area contributed by atoms with E-state index in [9.17, 15) is 14.9 Å². The number of methoxy groups -OCH3 is 1. The van der Waals surface area contributed by atoms with E-state index in [0.717, 1.165) is 10.9 Å². The van der Waals surface area contributed by atoms with Crippen molar-refractivity contribution < 1.29 is 18.9 Å². The number of amides is 1. The van der Waals surface area contributed by atoms with Crippen LogP contribution in [0, 0.1) is 17.0 Å². The number of anilines is 1. The Hall–Kier alpha value is -3.86. The fourth-order valence-corrected chi connectivity index (χ4v) is 3.85. The Morgan fingerprint density at radius 1 is 1.28 bits per heavy atom. The first kappa shape index (κ1) is 21.4. The summed E-state index contributed by atoms with van der Waals surface area (Å²) < 4.78 is 13.0. The molecule has 0 spiro atoms. The molecule has 0 aliphatic rings. The zero-order chi connectivity index (χ0) is 22.8. The number of nitrogens with zero attached hydrogens (tertiary/aromatic N) is 4. The highest BCUT2D eigenvalue weighted by Crippen LogP contribution is 2.33. The lowest BCUT2D eigenvalue weighted by atomic mass is 10.2. The minimum atomic E-state index is -0.501. The van der Waals surface area contributed by atoms with Crippen molar-refractivity contribution in [3.63, 3.8) is 0 Å². The number of aryl methyl sites for hydroxylation is 1. The van der Waals surface area contributed by atoms with Crippen molar-refractivity contribution in [2.45, 2.75) is 12.1 Å². The number of thioether (sulfide) groups is 1. The van der Waals surface area contributed by atoms with Crippen LogP contribution in [-0.2, 0) is 11.8 Å². The average molecular weight is 453 g/mol. The molecule has 164 valence electrons. The molecule has 0 aliphatic heterocycles. The molecule has 4 aromatic rings. The molecule has 11 heteroatoms. The van der Waals surface area contributed by atoms with Crippen LogP contribution in [-0.4, -0.2) is 38.5 Å². The van der Waals surface area contributed by atoms with Gasteiger partial charge in [0.15, 0.2) is 28.1 Å². The lowest BCUT2D eigenvalue weighted by Crippen LogP contribution is -2.15. The molecule has 0 bridgehead atoms. The lowest BCUT2D eigenvalue weighted by Gasteiger charge is -2.08. The van der Waals surface area contributed by atoms with Gasteiger partial charge in [-0.15, -0.1) is 10.2 Å². The smallest absolute Gasteiger partial charge is 0.271 e. The number of rotatable bonds is 7. The van der Waals surface area contributed by atoms with E-state index >= 15 is 0 Å². The molecule has 1 amide bonds. The summed E-state index contributed by atoms with van der Waals surface area (Å²) in [5, 5.41) is 23.4. The number of fused-ring (bicyclic) bond motifs is 1. The van der Waals surface area contributed by atoms with E-state index in [4.69, 9.17) is 9.15 Å². The van der Waals surface area contributed by atoms with E-state index in [-0.39, 0.29) is 17.3 Å². The van der Waals surface area contributed by atoms with Crippen molar-refractivity contribution in [3.05, 3.63) is 58.1 Å². The number of hydrogen-bond acceptors (Lipinski definition) is 8. The number of nitrogens with one attached hydrogen (secondary N) is 1. The summed E-state index contributed by atoms with van der Waals surface area (Å²) in [5.41, 5.74) is 1.67. The molecule has 2 heterocycles. The number of hydrogen-bond donors (Lipinski definition) is 1. The van der Waals surface area contributed by atoms with E-state index in [1.807, 2.05) is 24.3 Å². The standard InChI is InChI=1S/C21H19N5O5S/c1-12-7-8-14(26(28)29)10-15(12)22-18(27)11-32-21-24-23-20(25(21)2)17-9-13-5-4-6-16(30-3)19(13)31-17/h4-10H,11H2,1-3H3,(H,22,27). The molecule has 0 saturated carbocycles. The summed E-state index contributed by atoms with van der Waals surface area (Å²) in [6.07, 6.45) is 0. The highest BCUT2D eigenvalue weighted by atomic mass is 32.2. The molecule has 0 atom stereocenters. The summed E-state index contributed by atoms with van der Waals surface area (Å²) in [7, 11) is 3.36. The van der Waals surface area contributed by atoms with Crippen molar-refractivity contribution in [1.29, 1.82) is 0 Å². The first-order valence-corrected chi connectivity index (χ1v) is 10.5. The number of carbonyl (C=O) groups is 1. The Morgan fingerprint density at radius 3 is 2.84 bits per heavy atom. The number of benzene rings is 2. The molecule has 32 heavy (non-hydrogen) atoms. The second-order valence-electron chi connectivity index (χ2n) is 6.95. The summed E-state index contributed by atoms with van der Waals surface area (Å²) in [5.74, 6) is 1.42. The van der Waals surface area contributed by atoms with Gasteiger partial charge >= 0.3 is 0 Å². The zero-order valence-electron chi connectivity index (χ0n) is 17.5. The number of nitro groups is 1. The number of non-ortho nitro benzene ring substituents is 1. The van der Waals surface area contributed by atoms with Crippen molar-refractivity contribution >= 4 is 40.0 Å². The normalized spacial score (nSPS) is 11.0. The Labute approximate surface area is 186 Å². The van der Waals surface area contributed by atoms with Crippen LogP contribution in [0.25, 0.3) is 22.6 Å². The van der Waals surface area contributed by atoms with Gasteiger partial charge in [-0.2, -0.15) is 0 Å². The van der Waals surface area contributed by atoms with Gasteiger partial charge in [-0.1, -0.05) is 30.0 Å². The fraction of sp³-hybridized carbons (Fsp3) is 0.190. The molecule has 0 fully saturated rings. The number of ether oxygens (including phenoxy) is 1. The molecule has 2 aromatic carbocycles. The number of aromatic nitrogens is 3. The average Bonchev–Trinajstić information content (AvgIpc) is 3.36. The topological polar surface area (TPSA) is 125 Å². The van der Waals surface area contributed by atoms with E-state index in [1.165, 1.54) is 23.9 Å². The van der Waals surface area contributed by atoms with Gasteiger partial charge in [-0.3, -0.25) is 14.9 Å². The maximum Gasteiger partial charge on any atom is 0.271 e. The minimum Gasteiger partial charge on any atom is -0.493 e. The van der Waals surface area contributed by atoms with Crippen molar-refractivity contribution in [3.8, 4) is 17.3 Å². The number of carbonyl (C=O) groups excluding carboxylic acids is 1. The van der Waals surface area contributed by atoms with Gasteiger partial charge in [-0.25, -0.2) is 0 Å². The molecule has 0 unspecified atom stereocenters. The van der Waals surface area contributed by atoms with Crippen LogP contribution in [0.4, 0.5) is 11.4 Å². The van der Waals surface area contributed by atoms with Crippen LogP contribution in [0.2, 0.25) is 0 Å². The SMILES string of the molecule is COc1cccc2cc(-c3nnc(SCC(=O)Nc4cc([N+](=O)[O-])ccc4C)n3C)oc12. The summed E-state index contributed by atoms with van der Waals surface area (Å²) in [6, 6.07) is 11.8. The maximum atomic E-state index is 12.4. The zero-order valence-corrected chi connectivity index (χ0v) is 18.3. The van der Waals surface area contributed by atoms with E-state index in [0.29, 0.717) is 33.8 Å². The van der Waals surface area contributed by atoms with Crippen LogP contribution in [0.5, 0.6) is 5.75 Å². The number of para-hydroxylation sites is 1. The molecule has 10 nitrogen and oxygen atoms in total. The van der Waals surface area contributed by atoms with E-state index < -0.39 is 4.92 Å². The molecule has 0 saturated heterocycles. The van der Waals surface area contributed by atoms with Gasteiger partial charge in [-0.05, 0) is 24.6 Å². The van der Waals surface area contributed by atoms with Crippen molar-refractivity contribution in [1.82, 2.24) is 14.8 Å². The maximum absolute atomic E-state index is 12.4. The van der Waals surface area contributed by atoms with Crippen LogP contribution < -0.4 is 10.1 Å². The predicted octanol–water partition coefficient (Wildman–Crippen LogP) is 4.18.